The second kappa shape index (κ2) is 7.57. The van der Waals surface area contributed by atoms with E-state index in [0.29, 0.717) is 0 Å². The highest BCUT2D eigenvalue weighted by atomic mass is 32.2. The van der Waals surface area contributed by atoms with Crippen LogP contribution in [0.1, 0.15) is 28.9 Å². The van der Waals surface area contributed by atoms with E-state index in [2.05, 4.69) is 0 Å². The molecule has 0 fully saturated rings. The summed E-state index contributed by atoms with van der Waals surface area (Å²) < 4.78 is 30.6. The van der Waals surface area contributed by atoms with Gasteiger partial charge in [-0.2, -0.15) is 0 Å². The van der Waals surface area contributed by atoms with Crippen LogP contribution in [0.4, 0.5) is 0 Å². The molecule has 0 spiro atoms. The van der Waals surface area contributed by atoms with Crippen molar-refractivity contribution >= 4 is 16.0 Å². The summed E-state index contributed by atoms with van der Waals surface area (Å²) in [5.41, 5.74) is 1.01. The van der Waals surface area contributed by atoms with E-state index in [1.54, 1.807) is 6.92 Å². The highest BCUT2D eigenvalue weighted by molar-refractivity contribution is 7.89. The third-order valence-corrected chi connectivity index (χ3v) is 5.19. The van der Waals surface area contributed by atoms with Crippen molar-refractivity contribution in [1.82, 2.24) is 4.47 Å². The number of esters is 1. The Balaban J connectivity index is 2.21. The van der Waals surface area contributed by atoms with Crippen LogP contribution in [0.3, 0.4) is 0 Å². The van der Waals surface area contributed by atoms with Gasteiger partial charge in [0, 0.05) is 7.05 Å². The molecule has 2 aromatic carbocycles. The van der Waals surface area contributed by atoms with Crippen molar-refractivity contribution in [2.75, 3.05) is 14.2 Å². The van der Waals surface area contributed by atoms with E-state index in [9.17, 15) is 13.2 Å². The van der Waals surface area contributed by atoms with E-state index < -0.39 is 22.1 Å². The summed E-state index contributed by atoms with van der Waals surface area (Å²) in [6.07, 6.45) is -0.444. The minimum absolute atomic E-state index is 0.0475. The number of carbonyl (C=O) groups is 1. The molecule has 0 N–H and O–H groups in total. The van der Waals surface area contributed by atoms with Crippen molar-refractivity contribution in [3.05, 3.63) is 65.7 Å². The van der Waals surface area contributed by atoms with Crippen LogP contribution in [-0.4, -0.2) is 33.0 Å². The first-order valence-electron chi connectivity index (χ1n) is 7.25. The predicted octanol–water partition coefficient (Wildman–Crippen LogP) is 2.79. The molecule has 0 aliphatic heterocycles. The Bertz CT molecular complexity index is 805. The summed E-state index contributed by atoms with van der Waals surface area (Å²) in [7, 11) is -1.30. The third kappa shape index (κ3) is 4.00. The van der Waals surface area contributed by atoms with Crippen LogP contribution in [0.15, 0.2) is 59.5 Å². The Hall–Kier alpha value is -2.22. The van der Waals surface area contributed by atoms with E-state index >= 15 is 0 Å². The molecule has 0 aliphatic carbocycles. The first-order chi connectivity index (χ1) is 11.4. The van der Waals surface area contributed by atoms with Gasteiger partial charge in [-0.1, -0.05) is 40.9 Å². The lowest BCUT2D eigenvalue weighted by molar-refractivity contribution is -0.0258. The smallest absolute Gasteiger partial charge is 0.338 e. The van der Waals surface area contributed by atoms with Gasteiger partial charge in [0.05, 0.1) is 17.6 Å². The molecular formula is C17H19NO5S. The largest absolute Gasteiger partial charge is 0.454 e. The average molecular weight is 349 g/mol. The van der Waals surface area contributed by atoms with Crippen molar-refractivity contribution in [3.63, 3.8) is 0 Å². The van der Waals surface area contributed by atoms with Crippen molar-refractivity contribution in [3.8, 4) is 0 Å². The zero-order valence-electron chi connectivity index (χ0n) is 13.7. The number of hydroxylamine groups is 1. The third-order valence-electron chi connectivity index (χ3n) is 3.52. The van der Waals surface area contributed by atoms with Crippen molar-refractivity contribution in [1.29, 1.82) is 0 Å². The number of carbonyl (C=O) groups excluding carboxylic acids is 1. The quantitative estimate of drug-likeness (QED) is 0.592. The molecule has 0 bridgehead atoms. The molecule has 6 nitrogen and oxygen atoms in total. The summed E-state index contributed by atoms with van der Waals surface area (Å²) in [5, 5.41) is 0. The van der Waals surface area contributed by atoms with Gasteiger partial charge in [-0.25, -0.2) is 13.2 Å². The highest BCUT2D eigenvalue weighted by Gasteiger charge is 2.22. The Morgan fingerprint density at radius 3 is 2.38 bits per heavy atom. The molecule has 0 unspecified atom stereocenters. The van der Waals surface area contributed by atoms with Crippen LogP contribution in [0.5, 0.6) is 0 Å². The normalized spacial score (nSPS) is 12.8. The maximum absolute atomic E-state index is 12.3. The molecule has 128 valence electrons. The Morgan fingerprint density at radius 1 is 1.08 bits per heavy atom. The SMILES string of the molecule is CON(C)S(=O)(=O)c1cccc(C(=O)O[C@@H](C)c2ccccc2)c1. The predicted molar refractivity (Wildman–Crippen MR) is 88.7 cm³/mol. The summed E-state index contributed by atoms with van der Waals surface area (Å²) >= 11 is 0. The molecule has 0 saturated heterocycles. The zero-order chi connectivity index (χ0) is 17.7. The van der Waals surface area contributed by atoms with Crippen LogP contribution in [0.2, 0.25) is 0 Å². The van der Waals surface area contributed by atoms with Crippen LogP contribution in [0.25, 0.3) is 0 Å². The molecule has 2 aromatic rings. The van der Waals surface area contributed by atoms with Gasteiger partial charge < -0.3 is 4.74 Å². The van der Waals surface area contributed by atoms with Crippen molar-refractivity contribution < 1.29 is 22.8 Å². The standard InChI is InChI=1S/C17H19NO5S/c1-13(14-8-5-4-6-9-14)23-17(19)15-10-7-11-16(12-15)24(20,21)18(2)22-3/h4-13H,1-3H3/t13-/m0/s1. The average Bonchev–Trinajstić information content (AvgIpc) is 2.61. The van der Waals surface area contributed by atoms with E-state index in [1.807, 2.05) is 30.3 Å². The summed E-state index contributed by atoms with van der Waals surface area (Å²) in [6.45, 7) is 1.76. The number of rotatable bonds is 6. The van der Waals surface area contributed by atoms with Crippen molar-refractivity contribution in [2.24, 2.45) is 0 Å². The van der Waals surface area contributed by atoms with Gasteiger partial charge in [-0.3, -0.25) is 4.84 Å². The number of sulfonamides is 1. The molecule has 0 saturated carbocycles. The lowest BCUT2D eigenvalue weighted by Crippen LogP contribution is -2.26. The number of ether oxygens (including phenoxy) is 1. The zero-order valence-corrected chi connectivity index (χ0v) is 14.5. The second-order valence-electron chi connectivity index (χ2n) is 5.08. The monoisotopic (exact) mass is 349 g/mol. The van der Waals surface area contributed by atoms with Gasteiger partial charge >= 0.3 is 5.97 Å². The van der Waals surface area contributed by atoms with E-state index in [4.69, 9.17) is 9.57 Å². The first-order valence-corrected chi connectivity index (χ1v) is 8.69. The summed E-state index contributed by atoms with van der Waals surface area (Å²) in [5.74, 6) is -0.594. The topological polar surface area (TPSA) is 72.9 Å². The van der Waals surface area contributed by atoms with Gasteiger partial charge in [0.15, 0.2) is 0 Å². The van der Waals surface area contributed by atoms with Gasteiger partial charge in [-0.05, 0) is 30.7 Å². The minimum Gasteiger partial charge on any atom is -0.454 e. The van der Waals surface area contributed by atoms with Crippen LogP contribution < -0.4 is 0 Å². The summed E-state index contributed by atoms with van der Waals surface area (Å²) in [6, 6.07) is 14.9. The maximum Gasteiger partial charge on any atom is 0.338 e. The van der Waals surface area contributed by atoms with Crippen LogP contribution in [-0.2, 0) is 19.6 Å². The van der Waals surface area contributed by atoms with E-state index in [0.717, 1.165) is 10.0 Å². The Kier molecular flexibility index (Phi) is 5.71. The Morgan fingerprint density at radius 2 is 1.75 bits per heavy atom. The van der Waals surface area contributed by atoms with Crippen LogP contribution in [0, 0.1) is 0 Å². The molecule has 1 atom stereocenters. The number of hydrogen-bond acceptors (Lipinski definition) is 5. The Labute approximate surface area is 141 Å². The molecule has 2 rings (SSSR count). The number of hydrogen-bond donors (Lipinski definition) is 0. The highest BCUT2D eigenvalue weighted by Crippen LogP contribution is 2.20. The number of benzene rings is 2. The van der Waals surface area contributed by atoms with Gasteiger partial charge in [0.1, 0.15) is 6.10 Å². The lowest BCUT2D eigenvalue weighted by atomic mass is 10.1. The fourth-order valence-corrected chi connectivity index (χ4v) is 3.07. The van der Waals surface area contributed by atoms with Gasteiger partial charge in [0.25, 0.3) is 10.0 Å². The van der Waals surface area contributed by atoms with Crippen molar-refractivity contribution in [2.45, 2.75) is 17.9 Å². The second-order valence-corrected chi connectivity index (χ2v) is 7.02. The fraction of sp³-hybridized carbons (Fsp3) is 0.235. The first kappa shape index (κ1) is 18.1. The van der Waals surface area contributed by atoms with Crippen LogP contribution >= 0.6 is 0 Å². The molecule has 0 aromatic heterocycles. The molecule has 0 aliphatic rings. The lowest BCUT2D eigenvalue weighted by Gasteiger charge is -2.16. The summed E-state index contributed by atoms with van der Waals surface area (Å²) in [4.78, 5) is 17.0. The minimum atomic E-state index is -3.82. The molecular weight excluding hydrogens is 330 g/mol. The van der Waals surface area contributed by atoms with Gasteiger partial charge in [-0.15, -0.1) is 0 Å². The molecule has 0 heterocycles. The number of nitrogens with zero attached hydrogens (tertiary/aromatic N) is 1. The molecule has 0 amide bonds. The molecule has 7 heteroatoms. The fourth-order valence-electron chi connectivity index (χ4n) is 2.05. The van der Waals surface area contributed by atoms with E-state index in [1.165, 1.54) is 38.4 Å². The van der Waals surface area contributed by atoms with Gasteiger partial charge in [0.2, 0.25) is 0 Å². The maximum atomic E-state index is 12.3. The molecule has 24 heavy (non-hydrogen) atoms. The van der Waals surface area contributed by atoms with E-state index in [-0.39, 0.29) is 10.5 Å². The molecule has 0 radical (unpaired) electrons.